The lowest BCUT2D eigenvalue weighted by Gasteiger charge is -2.22. The van der Waals surface area contributed by atoms with Crippen LogP contribution in [0.5, 0.6) is 11.5 Å². The fraction of sp³-hybridized carbons (Fsp3) is 0.273. The quantitative estimate of drug-likeness (QED) is 0.217. The molecule has 1 amide bonds. The molecule has 8 nitrogen and oxygen atoms in total. The molecule has 0 aliphatic heterocycles. The molecule has 1 aliphatic carbocycles. The minimum atomic E-state index is -3.86. The Morgan fingerprint density at radius 1 is 0.833 bits per heavy atom. The van der Waals surface area contributed by atoms with Crippen molar-refractivity contribution in [3.63, 3.8) is 0 Å². The lowest BCUT2D eigenvalue weighted by atomic mass is 10.0. The van der Waals surface area contributed by atoms with Crippen LogP contribution < -0.4 is 14.8 Å². The molecule has 218 valence electrons. The monoisotopic (exact) mass is 585 g/mol. The summed E-state index contributed by atoms with van der Waals surface area (Å²) in [5, 5.41) is 3.20. The number of pyridine rings is 1. The van der Waals surface area contributed by atoms with E-state index in [-0.39, 0.29) is 29.4 Å². The number of nitrogens with one attached hydrogen (secondary N) is 1. The van der Waals surface area contributed by atoms with Gasteiger partial charge in [0.1, 0.15) is 11.5 Å². The van der Waals surface area contributed by atoms with Crippen LogP contribution >= 0.6 is 0 Å². The fourth-order valence-corrected chi connectivity index (χ4v) is 6.22. The minimum Gasteiger partial charge on any atom is -0.494 e. The zero-order chi connectivity index (χ0) is 29.6. The van der Waals surface area contributed by atoms with Gasteiger partial charge >= 0.3 is 0 Å². The standard InChI is InChI=1S/C33H35N3O5S/c1-3-40-29-14-12-27(13-15-29)33(20-21-33)35-32(37)26-10-8-25(9-11-26)23-36(24-28-7-5-6-22-34-28)42(38,39)31-18-16-30(17-19-31)41-4-2/h5-19,22H,3-4,20-21,23-24H2,1-2H3,(H,35,37). The van der Waals surface area contributed by atoms with Gasteiger partial charge in [-0.1, -0.05) is 30.3 Å². The summed E-state index contributed by atoms with van der Waals surface area (Å²) >= 11 is 0. The highest BCUT2D eigenvalue weighted by atomic mass is 32.2. The lowest BCUT2D eigenvalue weighted by Crippen LogP contribution is -2.34. The average Bonchev–Trinajstić information content (AvgIpc) is 3.79. The highest BCUT2D eigenvalue weighted by molar-refractivity contribution is 7.89. The second-order valence-corrected chi connectivity index (χ2v) is 12.1. The summed E-state index contributed by atoms with van der Waals surface area (Å²) in [4.78, 5) is 17.7. The average molecular weight is 586 g/mol. The summed E-state index contributed by atoms with van der Waals surface area (Å²) < 4.78 is 39.9. The van der Waals surface area contributed by atoms with Gasteiger partial charge in [0.05, 0.1) is 35.9 Å². The third-order valence-electron chi connectivity index (χ3n) is 7.23. The number of sulfonamides is 1. The molecule has 1 saturated carbocycles. The van der Waals surface area contributed by atoms with E-state index >= 15 is 0 Å². The molecule has 0 bridgehead atoms. The molecular formula is C33H35N3O5S. The van der Waals surface area contributed by atoms with E-state index in [4.69, 9.17) is 9.47 Å². The molecule has 0 saturated heterocycles. The van der Waals surface area contributed by atoms with Crippen LogP contribution in [0, 0.1) is 0 Å². The first-order valence-corrected chi connectivity index (χ1v) is 15.5. The van der Waals surface area contributed by atoms with E-state index in [0.717, 1.165) is 29.7 Å². The number of rotatable bonds is 13. The zero-order valence-electron chi connectivity index (χ0n) is 23.8. The normalized spacial score (nSPS) is 13.9. The molecule has 0 radical (unpaired) electrons. The molecule has 9 heteroatoms. The van der Waals surface area contributed by atoms with Crippen molar-refractivity contribution in [2.24, 2.45) is 0 Å². The summed E-state index contributed by atoms with van der Waals surface area (Å²) in [6, 6.07) is 26.8. The molecule has 1 aliphatic rings. The van der Waals surface area contributed by atoms with Crippen molar-refractivity contribution in [2.75, 3.05) is 13.2 Å². The summed E-state index contributed by atoms with van der Waals surface area (Å²) in [7, 11) is -3.86. The Bertz CT molecular complexity index is 1590. The SMILES string of the molecule is CCOc1ccc(C2(NC(=O)c3ccc(CN(Cc4ccccn4)S(=O)(=O)c4ccc(OCC)cc4)cc3)CC2)cc1. The zero-order valence-corrected chi connectivity index (χ0v) is 24.6. The maximum absolute atomic E-state index is 13.7. The third kappa shape index (κ3) is 6.80. The van der Waals surface area contributed by atoms with Crippen molar-refractivity contribution < 1.29 is 22.7 Å². The number of ether oxygens (including phenoxy) is 2. The Morgan fingerprint density at radius 2 is 1.45 bits per heavy atom. The van der Waals surface area contributed by atoms with Gasteiger partial charge < -0.3 is 14.8 Å². The molecule has 1 aromatic heterocycles. The summed E-state index contributed by atoms with van der Waals surface area (Å²) in [5.41, 5.74) is 2.59. The molecule has 42 heavy (non-hydrogen) atoms. The number of hydrogen-bond acceptors (Lipinski definition) is 6. The van der Waals surface area contributed by atoms with Crippen LogP contribution in [-0.4, -0.2) is 36.8 Å². The van der Waals surface area contributed by atoms with Gasteiger partial charge in [0.2, 0.25) is 10.0 Å². The fourth-order valence-electron chi connectivity index (χ4n) is 4.82. The second kappa shape index (κ2) is 12.8. The smallest absolute Gasteiger partial charge is 0.251 e. The molecule has 3 aromatic carbocycles. The van der Waals surface area contributed by atoms with E-state index in [9.17, 15) is 13.2 Å². The highest BCUT2D eigenvalue weighted by Gasteiger charge is 2.45. The molecule has 1 heterocycles. The predicted molar refractivity (Wildman–Crippen MR) is 161 cm³/mol. The molecule has 0 atom stereocenters. The highest BCUT2D eigenvalue weighted by Crippen LogP contribution is 2.46. The lowest BCUT2D eigenvalue weighted by molar-refractivity contribution is 0.0930. The number of benzene rings is 3. The van der Waals surface area contributed by atoms with Gasteiger partial charge in [0, 0.05) is 18.3 Å². The Kier molecular flexibility index (Phi) is 8.89. The van der Waals surface area contributed by atoms with Crippen LogP contribution in [0.1, 0.15) is 53.9 Å². The van der Waals surface area contributed by atoms with Gasteiger partial charge in [-0.3, -0.25) is 9.78 Å². The van der Waals surface area contributed by atoms with Crippen LogP contribution in [0.15, 0.2) is 102 Å². The van der Waals surface area contributed by atoms with Crippen LogP contribution in [0.2, 0.25) is 0 Å². The maximum atomic E-state index is 13.7. The van der Waals surface area contributed by atoms with Crippen molar-refractivity contribution in [1.82, 2.24) is 14.6 Å². The second-order valence-electron chi connectivity index (χ2n) is 10.2. The van der Waals surface area contributed by atoms with Gasteiger partial charge in [0.25, 0.3) is 5.91 Å². The van der Waals surface area contributed by atoms with Gasteiger partial charge in [-0.15, -0.1) is 0 Å². The van der Waals surface area contributed by atoms with Gasteiger partial charge in [-0.2, -0.15) is 4.31 Å². The number of nitrogens with zero attached hydrogens (tertiary/aromatic N) is 2. The number of amides is 1. The van der Waals surface area contributed by atoms with Gasteiger partial charge in [-0.25, -0.2) is 8.42 Å². The Hall–Kier alpha value is -4.21. The summed E-state index contributed by atoms with van der Waals surface area (Å²) in [5.74, 6) is 1.25. The van der Waals surface area contributed by atoms with Crippen molar-refractivity contribution in [1.29, 1.82) is 0 Å². The maximum Gasteiger partial charge on any atom is 0.251 e. The Morgan fingerprint density at radius 3 is 2.00 bits per heavy atom. The number of carbonyl (C=O) groups excluding carboxylic acids is 1. The number of hydrogen-bond donors (Lipinski definition) is 1. The summed E-state index contributed by atoms with van der Waals surface area (Å²) in [6.07, 6.45) is 3.39. The molecule has 4 aromatic rings. The topological polar surface area (TPSA) is 97.8 Å². The van der Waals surface area contributed by atoms with Crippen molar-refractivity contribution in [3.8, 4) is 11.5 Å². The van der Waals surface area contributed by atoms with E-state index in [1.54, 1.807) is 66.9 Å². The molecule has 1 fully saturated rings. The Labute approximate surface area is 247 Å². The first-order valence-electron chi connectivity index (χ1n) is 14.1. The first-order chi connectivity index (χ1) is 20.3. The molecule has 1 N–H and O–H groups in total. The minimum absolute atomic E-state index is 0.100. The van der Waals surface area contributed by atoms with Crippen molar-refractivity contribution in [3.05, 3.63) is 120 Å². The number of aromatic nitrogens is 1. The van der Waals surface area contributed by atoms with E-state index in [2.05, 4.69) is 10.3 Å². The van der Waals surface area contributed by atoms with Gasteiger partial charge in [0.15, 0.2) is 0 Å². The first kappa shape index (κ1) is 29.3. The van der Waals surface area contributed by atoms with Crippen molar-refractivity contribution >= 4 is 15.9 Å². The van der Waals surface area contributed by atoms with Crippen LogP contribution in [-0.2, 0) is 28.7 Å². The van der Waals surface area contributed by atoms with Crippen molar-refractivity contribution in [2.45, 2.75) is 50.2 Å². The third-order valence-corrected chi connectivity index (χ3v) is 9.04. The molecule has 5 rings (SSSR count). The molecule has 0 unspecified atom stereocenters. The van der Waals surface area contributed by atoms with Crippen LogP contribution in [0.25, 0.3) is 0 Å². The van der Waals surface area contributed by atoms with E-state index in [1.165, 1.54) is 4.31 Å². The number of carbonyl (C=O) groups is 1. The van der Waals surface area contributed by atoms with Crippen LogP contribution in [0.3, 0.4) is 0 Å². The Balaban J connectivity index is 1.31. The van der Waals surface area contributed by atoms with Crippen LogP contribution in [0.4, 0.5) is 0 Å². The summed E-state index contributed by atoms with van der Waals surface area (Å²) in [6.45, 7) is 5.13. The van der Waals surface area contributed by atoms with E-state index in [0.29, 0.717) is 30.2 Å². The predicted octanol–water partition coefficient (Wildman–Crippen LogP) is 5.69. The largest absolute Gasteiger partial charge is 0.494 e. The van der Waals surface area contributed by atoms with Gasteiger partial charge in [-0.05, 0) is 98.5 Å². The van der Waals surface area contributed by atoms with E-state index in [1.807, 2.05) is 44.2 Å². The van der Waals surface area contributed by atoms with E-state index < -0.39 is 10.0 Å². The molecular weight excluding hydrogens is 550 g/mol. The molecule has 0 spiro atoms.